The first-order valence-electron chi connectivity index (χ1n) is 5.00. The second kappa shape index (κ2) is 6.97. The molecule has 5 nitrogen and oxygen atoms in total. The van der Waals surface area contributed by atoms with Gasteiger partial charge in [0.2, 0.25) is 0 Å². The van der Waals surface area contributed by atoms with Crippen molar-refractivity contribution in [3.63, 3.8) is 0 Å². The summed E-state index contributed by atoms with van der Waals surface area (Å²) >= 11 is 0. The zero-order valence-electron chi connectivity index (χ0n) is 9.38. The molecule has 0 atom stereocenters. The van der Waals surface area contributed by atoms with E-state index in [9.17, 15) is 22.8 Å². The topological polar surface area (TPSA) is 69.6 Å². The molecule has 0 aromatic rings. The number of amides is 2. The van der Waals surface area contributed by atoms with Crippen LogP contribution < -0.4 is 5.32 Å². The summed E-state index contributed by atoms with van der Waals surface area (Å²) in [4.78, 5) is 22.3. The van der Waals surface area contributed by atoms with Crippen LogP contribution in [0.2, 0.25) is 0 Å². The second-order valence-electron chi connectivity index (χ2n) is 3.52. The van der Waals surface area contributed by atoms with Crippen molar-refractivity contribution >= 4 is 12.0 Å². The van der Waals surface area contributed by atoms with Gasteiger partial charge in [-0.25, -0.2) is 4.79 Å². The standard InChI is InChI=1S/C9H15F3N2O3/c1-14(6-4-9(10,11)12)8(17)13-5-2-3-7(15)16/h2-6H2,1H3,(H,13,17)(H,15,16). The molecule has 0 bridgehead atoms. The van der Waals surface area contributed by atoms with E-state index in [0.29, 0.717) is 0 Å². The summed E-state index contributed by atoms with van der Waals surface area (Å²) in [6.07, 6.45) is -5.20. The van der Waals surface area contributed by atoms with Crippen molar-refractivity contribution in [1.29, 1.82) is 0 Å². The van der Waals surface area contributed by atoms with E-state index in [1.165, 1.54) is 7.05 Å². The first-order chi connectivity index (χ1) is 7.72. The maximum Gasteiger partial charge on any atom is 0.390 e. The van der Waals surface area contributed by atoms with E-state index in [-0.39, 0.29) is 19.4 Å². The molecule has 0 saturated carbocycles. The number of carbonyl (C=O) groups excluding carboxylic acids is 1. The minimum atomic E-state index is -4.29. The molecule has 0 saturated heterocycles. The molecule has 0 aromatic carbocycles. The van der Waals surface area contributed by atoms with E-state index in [1.54, 1.807) is 0 Å². The molecule has 0 heterocycles. The Bertz CT molecular complexity index is 269. The van der Waals surface area contributed by atoms with E-state index < -0.39 is 31.1 Å². The van der Waals surface area contributed by atoms with Crippen LogP contribution in [-0.4, -0.2) is 48.3 Å². The zero-order valence-corrected chi connectivity index (χ0v) is 9.38. The van der Waals surface area contributed by atoms with Gasteiger partial charge in [-0.15, -0.1) is 0 Å². The maximum atomic E-state index is 11.9. The Hall–Kier alpha value is -1.47. The van der Waals surface area contributed by atoms with E-state index in [0.717, 1.165) is 4.90 Å². The highest BCUT2D eigenvalue weighted by Crippen LogP contribution is 2.19. The number of urea groups is 1. The Labute approximate surface area is 96.6 Å². The number of nitrogens with zero attached hydrogens (tertiary/aromatic N) is 1. The molecule has 0 aliphatic carbocycles. The highest BCUT2D eigenvalue weighted by atomic mass is 19.4. The number of hydrogen-bond acceptors (Lipinski definition) is 2. The lowest BCUT2D eigenvalue weighted by atomic mass is 10.3. The predicted octanol–water partition coefficient (Wildman–Crippen LogP) is 1.45. The Morgan fingerprint density at radius 3 is 2.41 bits per heavy atom. The van der Waals surface area contributed by atoms with Crippen molar-refractivity contribution in [2.75, 3.05) is 20.1 Å². The van der Waals surface area contributed by atoms with Crippen molar-refractivity contribution in [3.05, 3.63) is 0 Å². The average Bonchev–Trinajstić information content (AvgIpc) is 2.19. The van der Waals surface area contributed by atoms with Gasteiger partial charge in [-0.3, -0.25) is 4.79 Å². The lowest BCUT2D eigenvalue weighted by Gasteiger charge is -2.18. The SMILES string of the molecule is CN(CCC(F)(F)F)C(=O)NCCCC(=O)O. The molecule has 2 N–H and O–H groups in total. The van der Waals surface area contributed by atoms with Crippen LogP contribution in [0.5, 0.6) is 0 Å². The minimum Gasteiger partial charge on any atom is -0.481 e. The largest absolute Gasteiger partial charge is 0.481 e. The number of carboxylic acid groups (broad SMARTS) is 1. The number of alkyl halides is 3. The summed E-state index contributed by atoms with van der Waals surface area (Å²) in [7, 11) is 1.25. The van der Waals surface area contributed by atoms with E-state index in [4.69, 9.17) is 5.11 Å². The molecule has 17 heavy (non-hydrogen) atoms. The molecule has 0 aromatic heterocycles. The summed E-state index contributed by atoms with van der Waals surface area (Å²) in [5.74, 6) is -0.982. The fourth-order valence-corrected chi connectivity index (χ4v) is 0.966. The van der Waals surface area contributed by atoms with Crippen molar-refractivity contribution in [2.45, 2.75) is 25.4 Å². The number of halogens is 3. The van der Waals surface area contributed by atoms with Gasteiger partial charge in [-0.05, 0) is 6.42 Å². The molecule has 0 radical (unpaired) electrons. The Kier molecular flexibility index (Phi) is 6.37. The van der Waals surface area contributed by atoms with Crippen LogP contribution in [0.25, 0.3) is 0 Å². The van der Waals surface area contributed by atoms with Gasteiger partial charge < -0.3 is 15.3 Å². The third-order valence-electron chi connectivity index (χ3n) is 1.92. The van der Waals surface area contributed by atoms with Crippen molar-refractivity contribution in [3.8, 4) is 0 Å². The average molecular weight is 256 g/mol. The number of hydrogen-bond donors (Lipinski definition) is 2. The van der Waals surface area contributed by atoms with Crippen LogP contribution in [0, 0.1) is 0 Å². The third kappa shape index (κ3) is 9.46. The van der Waals surface area contributed by atoms with Crippen LogP contribution in [0.15, 0.2) is 0 Å². The van der Waals surface area contributed by atoms with Crippen molar-refractivity contribution in [1.82, 2.24) is 10.2 Å². The Morgan fingerprint density at radius 2 is 1.94 bits per heavy atom. The molecule has 0 rings (SSSR count). The van der Waals surface area contributed by atoms with Gasteiger partial charge in [0, 0.05) is 26.6 Å². The summed E-state index contributed by atoms with van der Waals surface area (Å²) < 4.78 is 35.6. The van der Waals surface area contributed by atoms with Crippen LogP contribution in [0.3, 0.4) is 0 Å². The summed E-state index contributed by atoms with van der Waals surface area (Å²) in [5.41, 5.74) is 0. The normalized spacial score (nSPS) is 11.1. The van der Waals surface area contributed by atoms with Gasteiger partial charge in [-0.1, -0.05) is 0 Å². The molecule has 0 fully saturated rings. The van der Waals surface area contributed by atoms with E-state index in [2.05, 4.69) is 5.32 Å². The Morgan fingerprint density at radius 1 is 1.35 bits per heavy atom. The van der Waals surface area contributed by atoms with Gasteiger partial charge in [0.15, 0.2) is 0 Å². The smallest absolute Gasteiger partial charge is 0.390 e. The fourth-order valence-electron chi connectivity index (χ4n) is 0.966. The molecule has 0 spiro atoms. The first-order valence-corrected chi connectivity index (χ1v) is 5.00. The van der Waals surface area contributed by atoms with Gasteiger partial charge in [0.1, 0.15) is 0 Å². The van der Waals surface area contributed by atoms with E-state index >= 15 is 0 Å². The second-order valence-corrected chi connectivity index (χ2v) is 3.52. The number of carbonyl (C=O) groups is 2. The van der Waals surface area contributed by atoms with Crippen molar-refractivity contribution < 1.29 is 27.9 Å². The molecule has 2 amide bonds. The van der Waals surface area contributed by atoms with E-state index in [1.807, 2.05) is 0 Å². The quantitative estimate of drug-likeness (QED) is 0.706. The molecular formula is C9H15F3N2O3. The van der Waals surface area contributed by atoms with Gasteiger partial charge in [0.05, 0.1) is 6.42 Å². The molecule has 8 heteroatoms. The third-order valence-corrected chi connectivity index (χ3v) is 1.92. The van der Waals surface area contributed by atoms with Gasteiger partial charge >= 0.3 is 18.2 Å². The number of carboxylic acids is 1. The number of aliphatic carboxylic acids is 1. The molecule has 0 aliphatic heterocycles. The Balaban J connectivity index is 3.71. The maximum absolute atomic E-state index is 11.9. The summed E-state index contributed by atoms with van der Waals surface area (Å²) in [6.45, 7) is -0.296. The zero-order chi connectivity index (χ0) is 13.5. The lowest BCUT2D eigenvalue weighted by Crippen LogP contribution is -2.39. The number of rotatable bonds is 6. The number of nitrogens with one attached hydrogen (secondary N) is 1. The highest BCUT2D eigenvalue weighted by Gasteiger charge is 2.27. The monoisotopic (exact) mass is 256 g/mol. The fraction of sp³-hybridized carbons (Fsp3) is 0.778. The summed E-state index contributed by atoms with van der Waals surface area (Å²) in [5, 5.41) is 10.6. The predicted molar refractivity (Wildman–Crippen MR) is 53.6 cm³/mol. The first kappa shape index (κ1) is 15.5. The highest BCUT2D eigenvalue weighted by molar-refractivity contribution is 5.73. The van der Waals surface area contributed by atoms with Crippen LogP contribution in [0.4, 0.5) is 18.0 Å². The minimum absolute atomic E-state index is 0.0907. The summed E-state index contributed by atoms with van der Waals surface area (Å²) in [6, 6.07) is -0.639. The van der Waals surface area contributed by atoms with Crippen LogP contribution >= 0.6 is 0 Å². The molecule has 0 unspecified atom stereocenters. The molecule has 0 aliphatic rings. The van der Waals surface area contributed by atoms with Gasteiger partial charge in [-0.2, -0.15) is 13.2 Å². The van der Waals surface area contributed by atoms with Gasteiger partial charge in [0.25, 0.3) is 0 Å². The van der Waals surface area contributed by atoms with Crippen molar-refractivity contribution in [2.24, 2.45) is 0 Å². The molecule has 100 valence electrons. The van der Waals surface area contributed by atoms with Crippen LogP contribution in [0.1, 0.15) is 19.3 Å². The van der Waals surface area contributed by atoms with Crippen LogP contribution in [-0.2, 0) is 4.79 Å². The lowest BCUT2D eigenvalue weighted by molar-refractivity contribution is -0.137. The molecular weight excluding hydrogens is 241 g/mol.